The van der Waals surface area contributed by atoms with Gasteiger partial charge < -0.3 is 10.1 Å². The molecule has 1 fully saturated rings. The lowest BCUT2D eigenvalue weighted by Crippen LogP contribution is -2.32. The second-order valence-electron chi connectivity index (χ2n) is 4.06. The van der Waals surface area contributed by atoms with Crippen molar-refractivity contribution in [2.24, 2.45) is 0 Å². The van der Waals surface area contributed by atoms with E-state index < -0.39 is 0 Å². The normalized spacial score (nSPS) is 26.3. The monoisotopic (exact) mass is 209 g/mol. The quantitative estimate of drug-likeness (QED) is 0.808. The van der Waals surface area contributed by atoms with Gasteiger partial charge in [0, 0.05) is 18.3 Å². The molecule has 2 nitrogen and oxygen atoms in total. The van der Waals surface area contributed by atoms with E-state index in [1.807, 2.05) is 6.07 Å². The van der Waals surface area contributed by atoms with Crippen LogP contribution in [0.4, 0.5) is 10.1 Å². The number of nitrogens with one attached hydrogen (secondary N) is 1. The molecule has 0 bridgehead atoms. The molecule has 1 saturated heterocycles. The van der Waals surface area contributed by atoms with Gasteiger partial charge in [0.05, 0.1) is 6.10 Å². The van der Waals surface area contributed by atoms with E-state index >= 15 is 0 Å². The topological polar surface area (TPSA) is 21.3 Å². The fraction of sp³-hybridized carbons (Fsp3) is 0.500. The minimum atomic E-state index is -0.194. The largest absolute Gasteiger partial charge is 0.382 e. The second kappa shape index (κ2) is 4.62. The highest BCUT2D eigenvalue weighted by Crippen LogP contribution is 2.18. The van der Waals surface area contributed by atoms with Crippen LogP contribution in [0.2, 0.25) is 0 Å². The Kier molecular flexibility index (Phi) is 3.21. The number of hydrogen-bond acceptors (Lipinski definition) is 2. The van der Waals surface area contributed by atoms with Crippen LogP contribution >= 0.6 is 0 Å². The van der Waals surface area contributed by atoms with Gasteiger partial charge in [0.2, 0.25) is 0 Å². The van der Waals surface area contributed by atoms with Gasteiger partial charge in [-0.05, 0) is 38.0 Å². The number of ether oxygens (including phenoxy) is 1. The summed E-state index contributed by atoms with van der Waals surface area (Å²) >= 11 is 0. The van der Waals surface area contributed by atoms with Gasteiger partial charge in [-0.3, -0.25) is 0 Å². The van der Waals surface area contributed by atoms with Crippen LogP contribution in [0.3, 0.4) is 0 Å². The van der Waals surface area contributed by atoms with Crippen LogP contribution in [0, 0.1) is 5.82 Å². The van der Waals surface area contributed by atoms with Crippen LogP contribution in [0.25, 0.3) is 0 Å². The average Bonchev–Trinajstić information content (AvgIpc) is 2.17. The number of hydrogen-bond donors (Lipinski definition) is 1. The molecule has 0 aromatic heterocycles. The van der Waals surface area contributed by atoms with Crippen molar-refractivity contribution in [3.8, 4) is 0 Å². The maximum absolute atomic E-state index is 12.9. The molecule has 82 valence electrons. The Morgan fingerprint density at radius 1 is 1.47 bits per heavy atom. The van der Waals surface area contributed by atoms with Crippen LogP contribution in [0.5, 0.6) is 0 Å². The van der Waals surface area contributed by atoms with Gasteiger partial charge in [0.15, 0.2) is 0 Å². The molecule has 0 radical (unpaired) electrons. The molecule has 0 aliphatic carbocycles. The van der Waals surface area contributed by atoms with Crippen molar-refractivity contribution in [1.82, 2.24) is 0 Å². The van der Waals surface area contributed by atoms with Crippen molar-refractivity contribution in [1.29, 1.82) is 0 Å². The first-order valence-corrected chi connectivity index (χ1v) is 5.38. The van der Waals surface area contributed by atoms with E-state index in [4.69, 9.17) is 4.74 Å². The summed E-state index contributed by atoms with van der Waals surface area (Å²) in [5.41, 5.74) is 0.856. The second-order valence-corrected chi connectivity index (χ2v) is 4.06. The lowest BCUT2D eigenvalue weighted by Gasteiger charge is -2.28. The Morgan fingerprint density at radius 2 is 2.33 bits per heavy atom. The summed E-state index contributed by atoms with van der Waals surface area (Å²) in [6.45, 7) is 2.85. The van der Waals surface area contributed by atoms with Crippen LogP contribution < -0.4 is 5.32 Å². The third-order valence-corrected chi connectivity index (χ3v) is 2.68. The Labute approximate surface area is 89.4 Å². The molecule has 2 unspecified atom stereocenters. The summed E-state index contributed by atoms with van der Waals surface area (Å²) in [5.74, 6) is -0.194. The minimum Gasteiger partial charge on any atom is -0.382 e. The average molecular weight is 209 g/mol. The number of halogens is 1. The van der Waals surface area contributed by atoms with Crippen molar-refractivity contribution in [2.45, 2.75) is 31.9 Å². The molecule has 1 aromatic carbocycles. The zero-order valence-corrected chi connectivity index (χ0v) is 8.87. The number of rotatable bonds is 2. The third kappa shape index (κ3) is 2.93. The summed E-state index contributed by atoms with van der Waals surface area (Å²) in [6.07, 6.45) is 2.27. The molecule has 3 heteroatoms. The molecule has 0 amide bonds. The Hall–Kier alpha value is -1.09. The van der Waals surface area contributed by atoms with Gasteiger partial charge in [0.1, 0.15) is 5.82 Å². The van der Waals surface area contributed by atoms with Gasteiger partial charge >= 0.3 is 0 Å². The first kappa shape index (κ1) is 10.4. The molecular weight excluding hydrogens is 193 g/mol. The third-order valence-electron chi connectivity index (χ3n) is 2.68. The van der Waals surface area contributed by atoms with E-state index in [1.165, 1.54) is 12.1 Å². The first-order valence-electron chi connectivity index (χ1n) is 5.38. The Balaban J connectivity index is 1.96. The predicted molar refractivity (Wildman–Crippen MR) is 58.5 cm³/mol. The van der Waals surface area contributed by atoms with Crippen molar-refractivity contribution >= 4 is 5.69 Å². The van der Waals surface area contributed by atoms with Crippen LogP contribution in [0.15, 0.2) is 24.3 Å². The van der Waals surface area contributed by atoms with E-state index in [1.54, 1.807) is 6.07 Å². The molecule has 0 spiro atoms. The van der Waals surface area contributed by atoms with Gasteiger partial charge in [-0.2, -0.15) is 0 Å². The molecule has 1 aliphatic rings. The van der Waals surface area contributed by atoms with E-state index in [2.05, 4.69) is 12.2 Å². The molecule has 0 saturated carbocycles. The van der Waals surface area contributed by atoms with Crippen LogP contribution in [0.1, 0.15) is 19.8 Å². The molecular formula is C12H16FNO. The minimum absolute atomic E-state index is 0.194. The summed E-state index contributed by atoms with van der Waals surface area (Å²) in [5, 5.41) is 3.33. The van der Waals surface area contributed by atoms with Gasteiger partial charge in [0.25, 0.3) is 0 Å². The first-order chi connectivity index (χ1) is 7.24. The lowest BCUT2D eigenvalue weighted by atomic mass is 10.0. The summed E-state index contributed by atoms with van der Waals surface area (Å²) < 4.78 is 18.4. The lowest BCUT2D eigenvalue weighted by molar-refractivity contribution is 0.0232. The van der Waals surface area contributed by atoms with E-state index in [0.29, 0.717) is 12.1 Å². The maximum Gasteiger partial charge on any atom is 0.125 e. The zero-order valence-electron chi connectivity index (χ0n) is 8.87. The fourth-order valence-electron chi connectivity index (χ4n) is 1.94. The predicted octanol–water partition coefficient (Wildman–Crippen LogP) is 2.81. The molecule has 2 atom stereocenters. The number of anilines is 1. The van der Waals surface area contributed by atoms with Gasteiger partial charge in [-0.1, -0.05) is 6.07 Å². The SMILES string of the molecule is CC1CC(Nc2cccc(F)c2)CCO1. The highest BCUT2D eigenvalue weighted by molar-refractivity contribution is 5.44. The summed E-state index contributed by atoms with van der Waals surface area (Å²) in [6, 6.07) is 7.00. The van der Waals surface area contributed by atoms with Crippen molar-refractivity contribution in [3.05, 3.63) is 30.1 Å². The highest BCUT2D eigenvalue weighted by Gasteiger charge is 2.18. The summed E-state index contributed by atoms with van der Waals surface area (Å²) in [7, 11) is 0. The Morgan fingerprint density at radius 3 is 3.07 bits per heavy atom. The maximum atomic E-state index is 12.9. The zero-order chi connectivity index (χ0) is 10.7. The molecule has 1 aromatic rings. The van der Waals surface area contributed by atoms with Crippen LogP contribution in [-0.4, -0.2) is 18.8 Å². The molecule has 1 heterocycles. The van der Waals surface area contributed by atoms with Gasteiger partial charge in [-0.25, -0.2) is 4.39 Å². The number of benzene rings is 1. The fourth-order valence-corrected chi connectivity index (χ4v) is 1.94. The van der Waals surface area contributed by atoms with Crippen molar-refractivity contribution < 1.29 is 9.13 Å². The van der Waals surface area contributed by atoms with Crippen molar-refractivity contribution in [3.63, 3.8) is 0 Å². The van der Waals surface area contributed by atoms with E-state index in [-0.39, 0.29) is 5.82 Å². The molecule has 1 N–H and O–H groups in total. The molecule has 15 heavy (non-hydrogen) atoms. The Bertz CT molecular complexity index is 329. The standard InChI is InChI=1S/C12H16FNO/c1-9-7-12(5-6-15-9)14-11-4-2-3-10(13)8-11/h2-4,8-9,12,14H,5-7H2,1H3. The smallest absolute Gasteiger partial charge is 0.125 e. The highest BCUT2D eigenvalue weighted by atomic mass is 19.1. The van der Waals surface area contributed by atoms with Gasteiger partial charge in [-0.15, -0.1) is 0 Å². The van der Waals surface area contributed by atoms with Crippen molar-refractivity contribution in [2.75, 3.05) is 11.9 Å². The van der Waals surface area contributed by atoms with E-state index in [9.17, 15) is 4.39 Å². The summed E-state index contributed by atoms with van der Waals surface area (Å²) in [4.78, 5) is 0. The van der Waals surface area contributed by atoms with Crippen LogP contribution in [-0.2, 0) is 4.74 Å². The van der Waals surface area contributed by atoms with E-state index in [0.717, 1.165) is 25.1 Å². The molecule has 1 aliphatic heterocycles. The molecule has 2 rings (SSSR count).